The third-order valence-corrected chi connectivity index (χ3v) is 6.09. The lowest BCUT2D eigenvalue weighted by atomic mass is 10.1. The van der Waals surface area contributed by atoms with Gasteiger partial charge in [0.2, 0.25) is 0 Å². The van der Waals surface area contributed by atoms with Crippen molar-refractivity contribution in [3.63, 3.8) is 0 Å². The Balaban J connectivity index is 0.00000162. The maximum atomic E-state index is 12.5. The summed E-state index contributed by atoms with van der Waals surface area (Å²) >= 11 is 0. The SMILES string of the molecule is CC1CN(S(=O)(=O)N2CCCCC2C)CC1N.Cl. The zero-order valence-corrected chi connectivity index (χ0v) is 12.7. The Kier molecular flexibility index (Phi) is 5.44. The molecule has 0 bridgehead atoms. The minimum absolute atomic E-state index is 0. The Morgan fingerprint density at radius 2 is 1.83 bits per heavy atom. The summed E-state index contributed by atoms with van der Waals surface area (Å²) < 4.78 is 28.2. The zero-order chi connectivity index (χ0) is 12.6. The highest BCUT2D eigenvalue weighted by Crippen LogP contribution is 2.26. The molecule has 0 radical (unpaired) electrons. The lowest BCUT2D eigenvalue weighted by Crippen LogP contribution is -2.49. The van der Waals surface area contributed by atoms with Crippen molar-refractivity contribution in [3.05, 3.63) is 0 Å². The van der Waals surface area contributed by atoms with Crippen molar-refractivity contribution in [2.24, 2.45) is 11.7 Å². The Labute approximate surface area is 116 Å². The van der Waals surface area contributed by atoms with E-state index in [0.717, 1.165) is 19.3 Å². The van der Waals surface area contributed by atoms with Crippen molar-refractivity contribution in [2.45, 2.75) is 45.2 Å². The smallest absolute Gasteiger partial charge is 0.282 e. The molecule has 0 saturated carbocycles. The Bertz CT molecular complexity index is 366. The summed E-state index contributed by atoms with van der Waals surface area (Å²) in [4.78, 5) is 0. The molecule has 2 N–H and O–H groups in total. The Hall–Kier alpha value is 0.120. The van der Waals surface area contributed by atoms with Crippen LogP contribution in [0.1, 0.15) is 33.1 Å². The van der Waals surface area contributed by atoms with E-state index < -0.39 is 10.2 Å². The number of halogens is 1. The van der Waals surface area contributed by atoms with E-state index in [1.165, 1.54) is 0 Å². The first-order valence-corrected chi connectivity index (χ1v) is 7.85. The molecular weight excluding hydrogens is 274 g/mol. The molecule has 0 aromatic carbocycles. The number of piperidine rings is 1. The summed E-state index contributed by atoms with van der Waals surface area (Å²) in [5, 5.41) is 0. The third-order valence-electron chi connectivity index (χ3n) is 4.00. The van der Waals surface area contributed by atoms with Gasteiger partial charge in [-0.2, -0.15) is 17.0 Å². The van der Waals surface area contributed by atoms with Gasteiger partial charge in [-0.1, -0.05) is 13.3 Å². The average Bonchev–Trinajstić information content (AvgIpc) is 2.60. The second kappa shape index (κ2) is 6.05. The first-order chi connectivity index (χ1) is 7.93. The van der Waals surface area contributed by atoms with E-state index >= 15 is 0 Å². The van der Waals surface area contributed by atoms with Gasteiger partial charge in [0.25, 0.3) is 10.2 Å². The summed E-state index contributed by atoms with van der Waals surface area (Å²) in [6.45, 7) is 5.69. The largest absolute Gasteiger partial charge is 0.326 e. The van der Waals surface area contributed by atoms with Gasteiger partial charge in [0.05, 0.1) is 0 Å². The van der Waals surface area contributed by atoms with Crippen LogP contribution in [0.5, 0.6) is 0 Å². The van der Waals surface area contributed by atoms with Crippen molar-refractivity contribution >= 4 is 22.6 Å². The highest BCUT2D eigenvalue weighted by atomic mass is 35.5. The van der Waals surface area contributed by atoms with Gasteiger partial charge >= 0.3 is 0 Å². The van der Waals surface area contributed by atoms with E-state index in [1.807, 2.05) is 13.8 Å². The van der Waals surface area contributed by atoms with E-state index in [4.69, 9.17) is 5.73 Å². The molecule has 2 fully saturated rings. The highest BCUT2D eigenvalue weighted by molar-refractivity contribution is 7.86. The first-order valence-electron chi connectivity index (χ1n) is 6.45. The van der Waals surface area contributed by atoms with Crippen LogP contribution in [-0.2, 0) is 10.2 Å². The van der Waals surface area contributed by atoms with Crippen molar-refractivity contribution in [2.75, 3.05) is 19.6 Å². The quantitative estimate of drug-likeness (QED) is 0.820. The van der Waals surface area contributed by atoms with E-state index in [2.05, 4.69) is 0 Å². The molecule has 18 heavy (non-hydrogen) atoms. The minimum Gasteiger partial charge on any atom is -0.326 e. The van der Waals surface area contributed by atoms with Crippen LogP contribution in [0.15, 0.2) is 0 Å². The third kappa shape index (κ3) is 2.99. The van der Waals surface area contributed by atoms with Gasteiger partial charge < -0.3 is 5.73 Å². The van der Waals surface area contributed by atoms with Crippen LogP contribution in [-0.4, -0.2) is 48.7 Å². The summed E-state index contributed by atoms with van der Waals surface area (Å²) in [7, 11) is -3.29. The molecule has 0 aromatic rings. The average molecular weight is 298 g/mol. The van der Waals surface area contributed by atoms with Crippen molar-refractivity contribution in [3.8, 4) is 0 Å². The van der Waals surface area contributed by atoms with Crippen LogP contribution >= 0.6 is 12.4 Å². The second-order valence-corrected chi connectivity index (χ2v) is 7.30. The monoisotopic (exact) mass is 297 g/mol. The first kappa shape index (κ1) is 16.2. The fourth-order valence-corrected chi connectivity index (χ4v) is 4.70. The zero-order valence-electron chi connectivity index (χ0n) is 11.1. The Morgan fingerprint density at radius 3 is 2.33 bits per heavy atom. The van der Waals surface area contributed by atoms with E-state index in [-0.39, 0.29) is 30.4 Å². The lowest BCUT2D eigenvalue weighted by molar-refractivity contribution is 0.249. The summed E-state index contributed by atoms with van der Waals surface area (Å²) in [6.07, 6.45) is 3.07. The molecule has 0 aliphatic carbocycles. The highest BCUT2D eigenvalue weighted by Gasteiger charge is 2.40. The van der Waals surface area contributed by atoms with Gasteiger partial charge in [-0.05, 0) is 25.7 Å². The van der Waals surface area contributed by atoms with E-state index in [9.17, 15) is 8.42 Å². The second-order valence-electron chi connectivity index (χ2n) is 5.42. The van der Waals surface area contributed by atoms with Crippen molar-refractivity contribution in [1.82, 2.24) is 8.61 Å². The molecule has 2 rings (SSSR count). The lowest BCUT2D eigenvalue weighted by Gasteiger charge is -2.35. The Morgan fingerprint density at radius 1 is 1.17 bits per heavy atom. The van der Waals surface area contributed by atoms with Gasteiger partial charge in [-0.3, -0.25) is 0 Å². The molecule has 0 spiro atoms. The van der Waals surface area contributed by atoms with Gasteiger partial charge in [-0.15, -0.1) is 12.4 Å². The van der Waals surface area contributed by atoms with Crippen LogP contribution in [0.2, 0.25) is 0 Å². The van der Waals surface area contributed by atoms with Gasteiger partial charge in [0.15, 0.2) is 0 Å². The van der Waals surface area contributed by atoms with Gasteiger partial charge in [-0.25, -0.2) is 0 Å². The number of nitrogens with two attached hydrogens (primary N) is 1. The topological polar surface area (TPSA) is 66.6 Å². The molecule has 5 nitrogen and oxygen atoms in total. The van der Waals surface area contributed by atoms with Crippen molar-refractivity contribution in [1.29, 1.82) is 0 Å². The molecule has 2 saturated heterocycles. The molecule has 3 unspecified atom stereocenters. The summed E-state index contributed by atoms with van der Waals surface area (Å²) in [5.74, 6) is 0.255. The van der Waals surface area contributed by atoms with Crippen LogP contribution in [0.4, 0.5) is 0 Å². The molecule has 2 aliphatic heterocycles. The van der Waals surface area contributed by atoms with Crippen LogP contribution < -0.4 is 5.73 Å². The van der Waals surface area contributed by atoms with E-state index in [0.29, 0.717) is 19.6 Å². The van der Waals surface area contributed by atoms with Crippen LogP contribution in [0.25, 0.3) is 0 Å². The molecule has 108 valence electrons. The van der Waals surface area contributed by atoms with Gasteiger partial charge in [0.1, 0.15) is 0 Å². The molecule has 0 aromatic heterocycles. The maximum absolute atomic E-state index is 12.5. The number of hydrogen-bond acceptors (Lipinski definition) is 3. The van der Waals surface area contributed by atoms with Gasteiger partial charge in [0, 0.05) is 31.7 Å². The maximum Gasteiger partial charge on any atom is 0.282 e. The predicted molar refractivity (Wildman–Crippen MR) is 74.9 cm³/mol. The van der Waals surface area contributed by atoms with Crippen LogP contribution in [0.3, 0.4) is 0 Å². The van der Waals surface area contributed by atoms with Crippen LogP contribution in [0, 0.1) is 5.92 Å². The number of nitrogens with zero attached hydrogens (tertiary/aromatic N) is 2. The molecular formula is C11H24ClN3O2S. The number of hydrogen-bond donors (Lipinski definition) is 1. The van der Waals surface area contributed by atoms with E-state index in [1.54, 1.807) is 8.61 Å². The normalized spacial score (nSPS) is 35.4. The minimum atomic E-state index is -3.29. The summed E-state index contributed by atoms with van der Waals surface area (Å²) in [6, 6.07) is 0.103. The fraction of sp³-hybridized carbons (Fsp3) is 1.00. The fourth-order valence-electron chi connectivity index (χ4n) is 2.70. The molecule has 2 heterocycles. The molecule has 7 heteroatoms. The molecule has 2 aliphatic rings. The molecule has 3 atom stereocenters. The predicted octanol–water partition coefficient (Wildman–Crippen LogP) is 0.806. The number of rotatable bonds is 2. The molecule has 0 amide bonds. The standard InChI is InChI=1S/C11H23N3O2S.ClH/c1-9-7-13(8-11(9)12)17(15,16)14-6-4-3-5-10(14)2;/h9-11H,3-8,12H2,1-2H3;1H. The van der Waals surface area contributed by atoms with Crippen molar-refractivity contribution < 1.29 is 8.42 Å². The summed E-state index contributed by atoms with van der Waals surface area (Å²) in [5.41, 5.74) is 5.90.